The summed E-state index contributed by atoms with van der Waals surface area (Å²) in [7, 11) is 3.08. The van der Waals surface area contributed by atoms with E-state index in [1.807, 2.05) is 29.6 Å². The molecule has 18 heavy (non-hydrogen) atoms. The van der Waals surface area contributed by atoms with Crippen molar-refractivity contribution in [1.82, 2.24) is 5.32 Å². The van der Waals surface area contributed by atoms with Gasteiger partial charge in [-0.3, -0.25) is 4.79 Å². The minimum absolute atomic E-state index is 0.105. The summed E-state index contributed by atoms with van der Waals surface area (Å²) in [4.78, 5) is 12.0. The molecule has 0 spiro atoms. The van der Waals surface area contributed by atoms with Gasteiger partial charge in [0.15, 0.2) is 6.29 Å². The van der Waals surface area contributed by atoms with E-state index in [0.717, 1.165) is 10.1 Å². The zero-order valence-electron chi connectivity index (χ0n) is 10.3. The number of fused-ring (bicyclic) bond motifs is 1. The number of hydrogen-bond acceptors (Lipinski definition) is 4. The Morgan fingerprint density at radius 1 is 1.33 bits per heavy atom. The number of ether oxygens (including phenoxy) is 2. The average Bonchev–Trinajstić information content (AvgIpc) is 2.83. The minimum atomic E-state index is -0.418. The van der Waals surface area contributed by atoms with Crippen molar-refractivity contribution in [2.45, 2.75) is 6.29 Å². The Balaban J connectivity index is 2.09. The number of carbonyl (C=O) groups is 1. The van der Waals surface area contributed by atoms with E-state index in [4.69, 9.17) is 9.47 Å². The average molecular weight is 265 g/mol. The van der Waals surface area contributed by atoms with Gasteiger partial charge in [-0.25, -0.2) is 0 Å². The summed E-state index contributed by atoms with van der Waals surface area (Å²) in [5, 5.41) is 5.64. The number of methoxy groups -OCH3 is 2. The third-order valence-electron chi connectivity index (χ3n) is 2.68. The van der Waals surface area contributed by atoms with E-state index in [-0.39, 0.29) is 5.91 Å². The molecule has 1 N–H and O–H groups in total. The Kier molecular flexibility index (Phi) is 4.30. The highest BCUT2D eigenvalue weighted by Gasteiger charge is 2.13. The van der Waals surface area contributed by atoms with Gasteiger partial charge in [-0.15, -0.1) is 11.3 Å². The summed E-state index contributed by atoms with van der Waals surface area (Å²) < 4.78 is 11.1. The normalized spacial score (nSPS) is 11.1. The minimum Gasteiger partial charge on any atom is -0.354 e. The lowest BCUT2D eigenvalue weighted by molar-refractivity contribution is -0.0974. The zero-order chi connectivity index (χ0) is 13.0. The Morgan fingerprint density at radius 2 is 2.06 bits per heavy atom. The van der Waals surface area contributed by atoms with E-state index in [1.165, 1.54) is 0 Å². The van der Waals surface area contributed by atoms with Crippen LogP contribution in [-0.4, -0.2) is 33.0 Å². The summed E-state index contributed by atoms with van der Waals surface area (Å²) in [6, 6.07) is 7.85. The number of thiophene rings is 1. The van der Waals surface area contributed by atoms with Crippen molar-refractivity contribution in [1.29, 1.82) is 0 Å². The fraction of sp³-hybridized carbons (Fsp3) is 0.308. The Hall–Kier alpha value is -1.43. The number of amides is 1. The monoisotopic (exact) mass is 265 g/mol. The Bertz CT molecular complexity index is 534. The van der Waals surface area contributed by atoms with Crippen LogP contribution in [0.1, 0.15) is 10.4 Å². The standard InChI is InChI=1S/C13H15NO3S/c1-16-12(17-2)7-14-13(15)10-8-18-11-6-4-3-5-9(10)11/h3-6,8,12H,7H2,1-2H3,(H,14,15). The molecule has 1 amide bonds. The van der Waals surface area contributed by atoms with Gasteiger partial charge in [-0.1, -0.05) is 18.2 Å². The third-order valence-corrected chi connectivity index (χ3v) is 3.64. The molecule has 1 aromatic carbocycles. The van der Waals surface area contributed by atoms with E-state index < -0.39 is 6.29 Å². The van der Waals surface area contributed by atoms with Crippen LogP contribution in [0.5, 0.6) is 0 Å². The van der Waals surface area contributed by atoms with Gasteiger partial charge < -0.3 is 14.8 Å². The molecule has 0 unspecified atom stereocenters. The molecule has 0 saturated heterocycles. The molecular formula is C13H15NO3S. The second kappa shape index (κ2) is 5.95. The molecule has 1 heterocycles. The van der Waals surface area contributed by atoms with Gasteiger partial charge in [-0.2, -0.15) is 0 Å². The van der Waals surface area contributed by atoms with Gasteiger partial charge in [-0.05, 0) is 6.07 Å². The predicted molar refractivity (Wildman–Crippen MR) is 72.0 cm³/mol. The molecule has 1 aromatic heterocycles. The SMILES string of the molecule is COC(CNC(=O)c1csc2ccccc12)OC. The van der Waals surface area contributed by atoms with E-state index in [2.05, 4.69) is 5.32 Å². The molecule has 0 aliphatic heterocycles. The maximum absolute atomic E-state index is 12.0. The molecular weight excluding hydrogens is 250 g/mol. The van der Waals surface area contributed by atoms with Crippen LogP contribution >= 0.6 is 11.3 Å². The molecule has 5 heteroatoms. The first kappa shape index (κ1) is 13.0. The van der Waals surface area contributed by atoms with Crippen LogP contribution in [-0.2, 0) is 9.47 Å². The van der Waals surface area contributed by atoms with Crippen LogP contribution in [0.15, 0.2) is 29.6 Å². The topological polar surface area (TPSA) is 47.6 Å². The molecule has 96 valence electrons. The molecule has 0 aliphatic rings. The number of carbonyl (C=O) groups excluding carboxylic acids is 1. The van der Waals surface area contributed by atoms with E-state index in [0.29, 0.717) is 12.1 Å². The maximum Gasteiger partial charge on any atom is 0.252 e. The van der Waals surface area contributed by atoms with E-state index in [1.54, 1.807) is 25.6 Å². The summed E-state index contributed by atoms with van der Waals surface area (Å²) in [5.74, 6) is -0.105. The van der Waals surface area contributed by atoms with Crippen LogP contribution in [0.3, 0.4) is 0 Å². The Morgan fingerprint density at radius 3 is 2.78 bits per heavy atom. The largest absolute Gasteiger partial charge is 0.354 e. The number of rotatable bonds is 5. The quantitative estimate of drug-likeness (QED) is 0.843. The number of hydrogen-bond donors (Lipinski definition) is 1. The van der Waals surface area contributed by atoms with Crippen LogP contribution in [0.25, 0.3) is 10.1 Å². The molecule has 2 rings (SSSR count). The molecule has 0 atom stereocenters. The highest BCUT2D eigenvalue weighted by molar-refractivity contribution is 7.17. The van der Waals surface area contributed by atoms with Crippen molar-refractivity contribution in [3.05, 3.63) is 35.2 Å². The maximum atomic E-state index is 12.0. The summed E-state index contributed by atoms with van der Waals surface area (Å²) in [6.45, 7) is 0.329. The summed E-state index contributed by atoms with van der Waals surface area (Å²) in [6.07, 6.45) is -0.418. The Labute approximate surface area is 110 Å². The molecule has 0 bridgehead atoms. The first-order chi connectivity index (χ1) is 8.76. The van der Waals surface area contributed by atoms with Crippen LogP contribution < -0.4 is 5.32 Å². The fourth-order valence-electron chi connectivity index (χ4n) is 1.69. The lowest BCUT2D eigenvalue weighted by Gasteiger charge is -2.13. The molecule has 0 saturated carbocycles. The van der Waals surface area contributed by atoms with Crippen LogP contribution in [0.2, 0.25) is 0 Å². The fourth-order valence-corrected chi connectivity index (χ4v) is 2.63. The number of benzene rings is 1. The van der Waals surface area contributed by atoms with Crippen LogP contribution in [0, 0.1) is 0 Å². The van der Waals surface area contributed by atoms with Gasteiger partial charge in [0.05, 0.1) is 12.1 Å². The van der Waals surface area contributed by atoms with Gasteiger partial charge in [0.25, 0.3) is 5.91 Å². The van der Waals surface area contributed by atoms with E-state index in [9.17, 15) is 4.79 Å². The van der Waals surface area contributed by atoms with Crippen molar-refractivity contribution in [2.75, 3.05) is 20.8 Å². The molecule has 2 aromatic rings. The smallest absolute Gasteiger partial charge is 0.252 e. The molecule has 0 aliphatic carbocycles. The second-order valence-electron chi connectivity index (χ2n) is 3.76. The lowest BCUT2D eigenvalue weighted by atomic mass is 10.1. The van der Waals surface area contributed by atoms with Crippen molar-refractivity contribution < 1.29 is 14.3 Å². The second-order valence-corrected chi connectivity index (χ2v) is 4.67. The predicted octanol–water partition coefficient (Wildman–Crippen LogP) is 2.25. The van der Waals surface area contributed by atoms with Gasteiger partial charge >= 0.3 is 0 Å². The van der Waals surface area contributed by atoms with Gasteiger partial charge in [0.1, 0.15) is 0 Å². The summed E-state index contributed by atoms with van der Waals surface area (Å²) in [5.41, 5.74) is 0.696. The van der Waals surface area contributed by atoms with Gasteiger partial charge in [0.2, 0.25) is 0 Å². The molecule has 0 radical (unpaired) electrons. The highest BCUT2D eigenvalue weighted by atomic mass is 32.1. The zero-order valence-corrected chi connectivity index (χ0v) is 11.1. The third kappa shape index (κ3) is 2.69. The van der Waals surface area contributed by atoms with Crippen molar-refractivity contribution >= 4 is 27.3 Å². The summed E-state index contributed by atoms with van der Waals surface area (Å²) >= 11 is 1.56. The molecule has 0 fully saturated rings. The van der Waals surface area contributed by atoms with Crippen molar-refractivity contribution in [3.8, 4) is 0 Å². The molecule has 4 nitrogen and oxygen atoms in total. The van der Waals surface area contributed by atoms with Gasteiger partial charge in [0, 0.05) is 29.7 Å². The van der Waals surface area contributed by atoms with Crippen molar-refractivity contribution in [2.24, 2.45) is 0 Å². The van der Waals surface area contributed by atoms with Crippen molar-refractivity contribution in [3.63, 3.8) is 0 Å². The van der Waals surface area contributed by atoms with E-state index >= 15 is 0 Å². The lowest BCUT2D eigenvalue weighted by Crippen LogP contribution is -2.34. The van der Waals surface area contributed by atoms with Crippen LogP contribution in [0.4, 0.5) is 0 Å². The number of nitrogens with one attached hydrogen (secondary N) is 1. The highest BCUT2D eigenvalue weighted by Crippen LogP contribution is 2.25. The first-order valence-electron chi connectivity index (χ1n) is 5.56. The first-order valence-corrected chi connectivity index (χ1v) is 6.44.